The molecule has 0 saturated carbocycles. The van der Waals surface area contributed by atoms with Crippen molar-refractivity contribution in [1.82, 2.24) is 9.03 Å². The molecule has 0 aromatic rings. The molecule has 0 rings (SSSR count). The second-order valence-electron chi connectivity index (χ2n) is 3.19. The van der Waals surface area contributed by atoms with Gasteiger partial charge in [-0.25, -0.2) is 4.72 Å². The van der Waals surface area contributed by atoms with Gasteiger partial charge >= 0.3 is 5.97 Å². The number of carbonyl (C=O) groups excluding carboxylic acids is 1. The standard InChI is InChI=1S/C8H19N3O4S.ClH/c1-11(7-4-8(12)15-2)16(13,14)10-6-3-5-9;/h10H,3-7,9H2,1-2H3;1H. The molecule has 0 fully saturated rings. The summed E-state index contributed by atoms with van der Waals surface area (Å²) in [6.07, 6.45) is 0.606. The Balaban J connectivity index is 0. The van der Waals surface area contributed by atoms with Gasteiger partial charge < -0.3 is 10.5 Å². The molecule has 0 saturated heterocycles. The number of halogens is 1. The summed E-state index contributed by atoms with van der Waals surface area (Å²) in [5.74, 6) is -0.441. The SMILES string of the molecule is COC(=O)CCN(C)S(=O)(=O)NCCCN.Cl. The molecule has 0 atom stereocenters. The number of nitrogens with two attached hydrogens (primary N) is 1. The van der Waals surface area contributed by atoms with Crippen LogP contribution in [0.4, 0.5) is 0 Å². The van der Waals surface area contributed by atoms with E-state index in [1.807, 2.05) is 0 Å². The molecule has 0 bridgehead atoms. The first-order valence-electron chi connectivity index (χ1n) is 4.92. The summed E-state index contributed by atoms with van der Waals surface area (Å²) in [6, 6.07) is 0. The van der Waals surface area contributed by atoms with Gasteiger partial charge in [-0.15, -0.1) is 12.4 Å². The van der Waals surface area contributed by atoms with Crippen LogP contribution in [0.1, 0.15) is 12.8 Å². The number of nitrogens with zero attached hydrogens (tertiary/aromatic N) is 1. The number of ether oxygens (including phenoxy) is 1. The predicted molar refractivity (Wildman–Crippen MR) is 67.1 cm³/mol. The summed E-state index contributed by atoms with van der Waals surface area (Å²) in [5, 5.41) is 0. The minimum Gasteiger partial charge on any atom is -0.469 e. The minimum absolute atomic E-state index is 0. The number of methoxy groups -OCH3 is 1. The lowest BCUT2D eigenvalue weighted by molar-refractivity contribution is -0.140. The van der Waals surface area contributed by atoms with Gasteiger partial charge in [0.25, 0.3) is 10.2 Å². The average Bonchev–Trinajstić information content (AvgIpc) is 2.25. The van der Waals surface area contributed by atoms with Crippen LogP contribution < -0.4 is 10.5 Å². The number of hydrogen-bond acceptors (Lipinski definition) is 5. The second-order valence-corrected chi connectivity index (χ2v) is 5.05. The molecule has 9 heteroatoms. The Bertz CT molecular complexity index is 310. The number of esters is 1. The fraction of sp³-hybridized carbons (Fsp3) is 0.875. The Morgan fingerprint density at radius 2 is 2.06 bits per heavy atom. The molecule has 0 aliphatic carbocycles. The summed E-state index contributed by atoms with van der Waals surface area (Å²) in [4.78, 5) is 10.8. The van der Waals surface area contributed by atoms with Crippen LogP contribution in [0.3, 0.4) is 0 Å². The van der Waals surface area contributed by atoms with Crippen LogP contribution in [-0.4, -0.2) is 52.5 Å². The van der Waals surface area contributed by atoms with Gasteiger partial charge in [0.1, 0.15) is 0 Å². The van der Waals surface area contributed by atoms with Crippen molar-refractivity contribution in [2.45, 2.75) is 12.8 Å². The Hall–Kier alpha value is -0.410. The van der Waals surface area contributed by atoms with E-state index in [0.717, 1.165) is 4.31 Å². The van der Waals surface area contributed by atoms with E-state index in [1.165, 1.54) is 14.2 Å². The van der Waals surface area contributed by atoms with Crippen LogP contribution in [-0.2, 0) is 19.7 Å². The molecule has 0 heterocycles. The fourth-order valence-corrected chi connectivity index (χ4v) is 1.84. The van der Waals surface area contributed by atoms with Crippen molar-refractivity contribution in [3.05, 3.63) is 0 Å². The third-order valence-electron chi connectivity index (χ3n) is 1.93. The van der Waals surface area contributed by atoms with E-state index in [4.69, 9.17) is 5.73 Å². The zero-order valence-electron chi connectivity index (χ0n) is 10.0. The van der Waals surface area contributed by atoms with Gasteiger partial charge in [0.2, 0.25) is 0 Å². The van der Waals surface area contributed by atoms with E-state index in [0.29, 0.717) is 19.5 Å². The number of hydrogen-bond donors (Lipinski definition) is 2. The van der Waals surface area contributed by atoms with Crippen LogP contribution in [0, 0.1) is 0 Å². The molecule has 3 N–H and O–H groups in total. The third kappa shape index (κ3) is 8.33. The maximum Gasteiger partial charge on any atom is 0.306 e. The zero-order chi connectivity index (χ0) is 12.6. The van der Waals surface area contributed by atoms with Gasteiger partial charge in [0.05, 0.1) is 13.5 Å². The van der Waals surface area contributed by atoms with Crippen LogP contribution in [0.15, 0.2) is 0 Å². The van der Waals surface area contributed by atoms with Crippen molar-refractivity contribution in [3.63, 3.8) is 0 Å². The topological polar surface area (TPSA) is 102 Å². The molecule has 0 aromatic carbocycles. The maximum absolute atomic E-state index is 11.5. The molecule has 0 radical (unpaired) electrons. The number of nitrogens with one attached hydrogen (secondary N) is 1. The van der Waals surface area contributed by atoms with Crippen molar-refractivity contribution in [2.75, 3.05) is 33.8 Å². The monoisotopic (exact) mass is 289 g/mol. The number of rotatable bonds is 8. The van der Waals surface area contributed by atoms with Gasteiger partial charge in [0.15, 0.2) is 0 Å². The van der Waals surface area contributed by atoms with Gasteiger partial charge in [-0.1, -0.05) is 0 Å². The van der Waals surface area contributed by atoms with Crippen molar-refractivity contribution in [1.29, 1.82) is 0 Å². The van der Waals surface area contributed by atoms with Crippen LogP contribution >= 0.6 is 12.4 Å². The van der Waals surface area contributed by atoms with E-state index < -0.39 is 16.2 Å². The van der Waals surface area contributed by atoms with Gasteiger partial charge in [-0.3, -0.25) is 4.79 Å². The first-order chi connectivity index (χ1) is 7.44. The molecular weight excluding hydrogens is 270 g/mol. The van der Waals surface area contributed by atoms with Crippen molar-refractivity contribution < 1.29 is 17.9 Å². The minimum atomic E-state index is -3.52. The molecule has 17 heavy (non-hydrogen) atoms. The zero-order valence-corrected chi connectivity index (χ0v) is 11.6. The van der Waals surface area contributed by atoms with Crippen molar-refractivity contribution >= 4 is 28.6 Å². The molecule has 0 unspecified atom stereocenters. The molecule has 0 aromatic heterocycles. The summed E-state index contributed by atoms with van der Waals surface area (Å²) in [6.45, 7) is 0.806. The van der Waals surface area contributed by atoms with Gasteiger partial charge in [-0.2, -0.15) is 12.7 Å². The summed E-state index contributed by atoms with van der Waals surface area (Å²) < 4.78 is 30.9. The first kappa shape index (κ1) is 18.9. The summed E-state index contributed by atoms with van der Waals surface area (Å²) in [5.41, 5.74) is 5.24. The smallest absolute Gasteiger partial charge is 0.306 e. The van der Waals surface area contributed by atoms with E-state index in [1.54, 1.807) is 0 Å². The highest BCUT2D eigenvalue weighted by molar-refractivity contribution is 7.87. The predicted octanol–water partition coefficient (Wildman–Crippen LogP) is -0.914. The summed E-state index contributed by atoms with van der Waals surface area (Å²) in [7, 11) is -0.860. The average molecular weight is 290 g/mol. The molecule has 0 spiro atoms. The van der Waals surface area contributed by atoms with E-state index >= 15 is 0 Å². The van der Waals surface area contributed by atoms with Crippen molar-refractivity contribution in [3.8, 4) is 0 Å². The lowest BCUT2D eigenvalue weighted by Gasteiger charge is -2.16. The normalized spacial score (nSPS) is 11.1. The highest BCUT2D eigenvalue weighted by Crippen LogP contribution is 1.96. The van der Waals surface area contributed by atoms with Gasteiger partial charge in [0, 0.05) is 20.1 Å². The van der Waals surface area contributed by atoms with Crippen LogP contribution in [0.2, 0.25) is 0 Å². The summed E-state index contributed by atoms with van der Waals surface area (Å²) >= 11 is 0. The Kier molecular flexibility index (Phi) is 10.7. The highest BCUT2D eigenvalue weighted by Gasteiger charge is 2.17. The van der Waals surface area contributed by atoms with Crippen molar-refractivity contribution in [2.24, 2.45) is 5.73 Å². The van der Waals surface area contributed by atoms with E-state index in [-0.39, 0.29) is 25.4 Å². The molecular formula is C8H20ClN3O4S. The van der Waals surface area contributed by atoms with E-state index in [9.17, 15) is 13.2 Å². The Morgan fingerprint density at radius 3 is 2.53 bits per heavy atom. The Morgan fingerprint density at radius 1 is 1.47 bits per heavy atom. The van der Waals surface area contributed by atoms with Crippen LogP contribution in [0.5, 0.6) is 0 Å². The first-order valence-corrected chi connectivity index (χ1v) is 6.36. The highest BCUT2D eigenvalue weighted by atomic mass is 35.5. The lowest BCUT2D eigenvalue weighted by Crippen LogP contribution is -2.40. The maximum atomic E-state index is 11.5. The fourth-order valence-electron chi connectivity index (χ4n) is 0.884. The molecule has 0 aliphatic rings. The quantitative estimate of drug-likeness (QED) is 0.445. The molecule has 104 valence electrons. The Labute approximate surface area is 108 Å². The lowest BCUT2D eigenvalue weighted by atomic mass is 10.4. The molecule has 7 nitrogen and oxygen atoms in total. The second kappa shape index (κ2) is 9.60. The molecule has 0 aliphatic heterocycles. The van der Waals surface area contributed by atoms with Gasteiger partial charge in [-0.05, 0) is 13.0 Å². The largest absolute Gasteiger partial charge is 0.469 e. The number of carbonyl (C=O) groups is 1. The van der Waals surface area contributed by atoms with Crippen LogP contribution in [0.25, 0.3) is 0 Å². The third-order valence-corrected chi connectivity index (χ3v) is 3.51. The molecule has 0 amide bonds. The van der Waals surface area contributed by atoms with E-state index in [2.05, 4.69) is 9.46 Å².